The summed E-state index contributed by atoms with van der Waals surface area (Å²) >= 11 is 0. The second kappa shape index (κ2) is 6.51. The summed E-state index contributed by atoms with van der Waals surface area (Å²) in [6, 6.07) is 11.0. The molecule has 19 heavy (non-hydrogen) atoms. The van der Waals surface area contributed by atoms with Crippen LogP contribution in [0.4, 0.5) is 0 Å². The highest BCUT2D eigenvalue weighted by molar-refractivity contribution is 5.18. The molecular formula is C16H25NO2. The minimum absolute atomic E-state index is 0.151. The fourth-order valence-electron chi connectivity index (χ4n) is 2.50. The van der Waals surface area contributed by atoms with Crippen molar-refractivity contribution < 1.29 is 9.47 Å². The molecule has 0 bridgehead atoms. The third-order valence-electron chi connectivity index (χ3n) is 3.44. The number of hydrogen-bond acceptors (Lipinski definition) is 3. The van der Waals surface area contributed by atoms with Crippen LogP contribution in [-0.2, 0) is 9.47 Å². The van der Waals surface area contributed by atoms with Crippen LogP contribution >= 0.6 is 0 Å². The fourth-order valence-corrected chi connectivity index (χ4v) is 2.50. The standard InChI is InChI=1S/C16H25NO2/c1-4-8-15(13-9-6-5-7-10-13)17-11-14-12-18-16(2,3)19-14/h5-7,9-10,14-15,17H,4,8,11-12H2,1-3H3. The Balaban J connectivity index is 1.88. The Morgan fingerprint density at radius 2 is 2.05 bits per heavy atom. The summed E-state index contributed by atoms with van der Waals surface area (Å²) in [5.74, 6) is -0.431. The molecule has 3 heteroatoms. The van der Waals surface area contributed by atoms with Gasteiger partial charge in [0.25, 0.3) is 0 Å². The highest BCUT2D eigenvalue weighted by Crippen LogP contribution is 2.23. The van der Waals surface area contributed by atoms with E-state index in [9.17, 15) is 0 Å². The highest BCUT2D eigenvalue weighted by atomic mass is 16.7. The van der Waals surface area contributed by atoms with Crippen molar-refractivity contribution in [2.45, 2.75) is 51.5 Å². The van der Waals surface area contributed by atoms with Gasteiger partial charge in [0.05, 0.1) is 12.7 Å². The van der Waals surface area contributed by atoms with Crippen LogP contribution in [0.15, 0.2) is 30.3 Å². The molecule has 1 N–H and O–H groups in total. The third-order valence-corrected chi connectivity index (χ3v) is 3.44. The zero-order chi connectivity index (χ0) is 13.7. The lowest BCUT2D eigenvalue weighted by Crippen LogP contribution is -2.33. The Labute approximate surface area is 116 Å². The van der Waals surface area contributed by atoms with Crippen LogP contribution in [0.3, 0.4) is 0 Å². The SMILES string of the molecule is CCCC(NCC1COC(C)(C)O1)c1ccccc1. The molecule has 1 aromatic carbocycles. The second-order valence-corrected chi connectivity index (χ2v) is 5.61. The Morgan fingerprint density at radius 1 is 1.32 bits per heavy atom. The van der Waals surface area contributed by atoms with Crippen molar-refractivity contribution in [1.82, 2.24) is 5.32 Å². The minimum atomic E-state index is -0.431. The molecule has 1 aliphatic rings. The van der Waals surface area contributed by atoms with Gasteiger partial charge >= 0.3 is 0 Å². The maximum atomic E-state index is 5.83. The number of rotatable bonds is 6. The van der Waals surface area contributed by atoms with Gasteiger partial charge in [-0.15, -0.1) is 0 Å². The van der Waals surface area contributed by atoms with Crippen LogP contribution < -0.4 is 5.32 Å². The van der Waals surface area contributed by atoms with E-state index in [4.69, 9.17) is 9.47 Å². The lowest BCUT2D eigenvalue weighted by molar-refractivity contribution is -0.137. The molecule has 106 valence electrons. The molecule has 0 spiro atoms. The first-order valence-electron chi connectivity index (χ1n) is 7.21. The Hall–Kier alpha value is -0.900. The van der Waals surface area contributed by atoms with Crippen molar-refractivity contribution in [3.63, 3.8) is 0 Å². The molecular weight excluding hydrogens is 238 g/mol. The van der Waals surface area contributed by atoms with Gasteiger partial charge in [-0.3, -0.25) is 0 Å². The minimum Gasteiger partial charge on any atom is -0.348 e. The first-order chi connectivity index (χ1) is 9.11. The zero-order valence-electron chi connectivity index (χ0n) is 12.2. The number of nitrogens with one attached hydrogen (secondary N) is 1. The molecule has 0 aliphatic carbocycles. The van der Waals surface area contributed by atoms with Crippen LogP contribution in [0.2, 0.25) is 0 Å². The van der Waals surface area contributed by atoms with Crippen molar-refractivity contribution in [3.05, 3.63) is 35.9 Å². The van der Waals surface area contributed by atoms with Crippen molar-refractivity contribution in [2.24, 2.45) is 0 Å². The maximum absolute atomic E-state index is 5.83. The summed E-state index contributed by atoms with van der Waals surface area (Å²) in [4.78, 5) is 0. The highest BCUT2D eigenvalue weighted by Gasteiger charge is 2.32. The monoisotopic (exact) mass is 263 g/mol. The van der Waals surface area contributed by atoms with Crippen LogP contribution in [-0.4, -0.2) is 25.0 Å². The van der Waals surface area contributed by atoms with E-state index in [-0.39, 0.29) is 6.10 Å². The molecule has 1 aromatic rings. The molecule has 1 aliphatic heterocycles. The predicted molar refractivity (Wildman–Crippen MR) is 77.0 cm³/mol. The van der Waals surface area contributed by atoms with E-state index in [1.807, 2.05) is 13.8 Å². The Morgan fingerprint density at radius 3 is 2.63 bits per heavy atom. The van der Waals surface area contributed by atoms with Crippen molar-refractivity contribution in [1.29, 1.82) is 0 Å². The molecule has 1 heterocycles. The number of benzene rings is 1. The summed E-state index contributed by atoms with van der Waals surface area (Å²) in [5, 5.41) is 3.61. The quantitative estimate of drug-likeness (QED) is 0.854. The molecule has 2 unspecified atom stereocenters. The van der Waals surface area contributed by atoms with E-state index >= 15 is 0 Å². The van der Waals surface area contributed by atoms with Gasteiger partial charge in [0, 0.05) is 12.6 Å². The van der Waals surface area contributed by atoms with E-state index in [1.165, 1.54) is 12.0 Å². The van der Waals surface area contributed by atoms with Crippen LogP contribution in [0.25, 0.3) is 0 Å². The molecule has 0 amide bonds. The molecule has 1 fully saturated rings. The maximum Gasteiger partial charge on any atom is 0.163 e. The summed E-state index contributed by atoms with van der Waals surface area (Å²) < 4.78 is 11.4. The van der Waals surface area contributed by atoms with Crippen molar-refractivity contribution in [2.75, 3.05) is 13.2 Å². The summed E-state index contributed by atoms with van der Waals surface area (Å²) in [6.07, 6.45) is 2.46. The summed E-state index contributed by atoms with van der Waals surface area (Å²) in [6.45, 7) is 7.66. The van der Waals surface area contributed by atoms with Gasteiger partial charge in [-0.2, -0.15) is 0 Å². The van der Waals surface area contributed by atoms with Gasteiger partial charge in [-0.05, 0) is 25.8 Å². The van der Waals surface area contributed by atoms with E-state index in [2.05, 4.69) is 42.6 Å². The van der Waals surface area contributed by atoms with Crippen molar-refractivity contribution >= 4 is 0 Å². The lowest BCUT2D eigenvalue weighted by atomic mass is 10.0. The second-order valence-electron chi connectivity index (χ2n) is 5.61. The third kappa shape index (κ3) is 4.30. The number of ether oxygens (including phenoxy) is 2. The van der Waals surface area contributed by atoms with Crippen LogP contribution in [0.5, 0.6) is 0 Å². The topological polar surface area (TPSA) is 30.5 Å². The van der Waals surface area contributed by atoms with E-state index in [1.54, 1.807) is 0 Å². The van der Waals surface area contributed by atoms with Gasteiger partial charge in [0.15, 0.2) is 5.79 Å². The van der Waals surface area contributed by atoms with Gasteiger partial charge in [-0.25, -0.2) is 0 Å². The van der Waals surface area contributed by atoms with Gasteiger partial charge < -0.3 is 14.8 Å². The van der Waals surface area contributed by atoms with Gasteiger partial charge in [0.1, 0.15) is 0 Å². The molecule has 0 saturated carbocycles. The van der Waals surface area contributed by atoms with Crippen LogP contribution in [0.1, 0.15) is 45.2 Å². The Kier molecular flexibility index (Phi) is 4.97. The van der Waals surface area contributed by atoms with E-state index in [0.717, 1.165) is 13.0 Å². The normalized spacial score (nSPS) is 23.4. The fraction of sp³-hybridized carbons (Fsp3) is 0.625. The molecule has 2 atom stereocenters. The molecule has 1 saturated heterocycles. The lowest BCUT2D eigenvalue weighted by Gasteiger charge is -2.21. The smallest absolute Gasteiger partial charge is 0.163 e. The molecule has 2 rings (SSSR count). The molecule has 0 aromatic heterocycles. The summed E-state index contributed by atoms with van der Waals surface area (Å²) in [7, 11) is 0. The van der Waals surface area contributed by atoms with Gasteiger partial charge in [0.2, 0.25) is 0 Å². The first kappa shape index (κ1) is 14.5. The zero-order valence-corrected chi connectivity index (χ0v) is 12.2. The average Bonchev–Trinajstić information content (AvgIpc) is 2.75. The first-order valence-corrected chi connectivity index (χ1v) is 7.21. The van der Waals surface area contributed by atoms with E-state index < -0.39 is 5.79 Å². The Bertz CT molecular complexity index is 378. The summed E-state index contributed by atoms with van der Waals surface area (Å²) in [5.41, 5.74) is 1.35. The van der Waals surface area contributed by atoms with E-state index in [0.29, 0.717) is 12.6 Å². The average molecular weight is 263 g/mol. The number of hydrogen-bond donors (Lipinski definition) is 1. The van der Waals surface area contributed by atoms with Crippen LogP contribution in [0, 0.1) is 0 Å². The van der Waals surface area contributed by atoms with Crippen molar-refractivity contribution in [3.8, 4) is 0 Å². The van der Waals surface area contributed by atoms with Gasteiger partial charge in [-0.1, -0.05) is 43.7 Å². The molecule has 0 radical (unpaired) electrons. The molecule has 3 nitrogen and oxygen atoms in total. The predicted octanol–water partition coefficient (Wildman–Crippen LogP) is 3.27. The largest absolute Gasteiger partial charge is 0.348 e.